The van der Waals surface area contributed by atoms with E-state index in [4.69, 9.17) is 0 Å². The molecule has 0 bridgehead atoms. The Hall–Kier alpha value is -1.23. The van der Waals surface area contributed by atoms with Crippen molar-refractivity contribution in [3.63, 3.8) is 0 Å². The lowest BCUT2D eigenvalue weighted by atomic mass is 10.0. The van der Waals surface area contributed by atoms with E-state index >= 15 is 0 Å². The molecule has 1 aliphatic rings. The van der Waals surface area contributed by atoms with Gasteiger partial charge in [-0.1, -0.05) is 0 Å². The summed E-state index contributed by atoms with van der Waals surface area (Å²) in [6, 6.07) is 3.06. The van der Waals surface area contributed by atoms with Gasteiger partial charge in [0.05, 0.1) is 16.8 Å². The lowest BCUT2D eigenvalue weighted by Gasteiger charge is -2.28. The summed E-state index contributed by atoms with van der Waals surface area (Å²) in [4.78, 5) is -0.236. The topological polar surface area (TPSA) is 104 Å². The average Bonchev–Trinajstić information content (AvgIpc) is 2.39. The Bertz CT molecular complexity index is 780. The minimum Gasteiger partial charge on any atom is -0.314 e. The van der Waals surface area contributed by atoms with Gasteiger partial charge in [0.2, 0.25) is 20.0 Å². The largest absolute Gasteiger partial charge is 0.314 e. The first kappa shape index (κ1) is 18.1. The first-order valence-electron chi connectivity index (χ1n) is 7.10. The van der Waals surface area contributed by atoms with Crippen molar-refractivity contribution in [3.05, 3.63) is 24.0 Å². The lowest BCUT2D eigenvalue weighted by Crippen LogP contribution is -2.46. The molecule has 0 spiro atoms. The van der Waals surface area contributed by atoms with Gasteiger partial charge in [-0.3, -0.25) is 4.72 Å². The summed E-state index contributed by atoms with van der Waals surface area (Å²) in [6.07, 6.45) is 2.19. The number of rotatable bonds is 5. The van der Waals surface area contributed by atoms with Gasteiger partial charge in [0, 0.05) is 12.1 Å². The number of nitrogens with one attached hydrogen (secondary N) is 3. The van der Waals surface area contributed by atoms with Crippen LogP contribution in [0.2, 0.25) is 0 Å². The molecule has 1 aliphatic heterocycles. The number of benzene rings is 1. The van der Waals surface area contributed by atoms with Crippen molar-refractivity contribution in [3.8, 4) is 0 Å². The van der Waals surface area contributed by atoms with Gasteiger partial charge in [-0.2, -0.15) is 0 Å². The number of piperidine rings is 1. The quantitative estimate of drug-likeness (QED) is 0.709. The molecular weight excluding hydrogens is 345 g/mol. The predicted octanol–water partition coefficient (Wildman–Crippen LogP) is 0.616. The molecule has 1 aromatic carbocycles. The van der Waals surface area contributed by atoms with Gasteiger partial charge in [0.1, 0.15) is 5.82 Å². The molecule has 0 amide bonds. The van der Waals surface area contributed by atoms with Crippen LogP contribution in [0.5, 0.6) is 0 Å². The third kappa shape index (κ3) is 5.13. The van der Waals surface area contributed by atoms with Crippen LogP contribution >= 0.6 is 0 Å². The second kappa shape index (κ2) is 6.71. The van der Waals surface area contributed by atoms with Crippen LogP contribution in [0, 0.1) is 5.82 Å². The van der Waals surface area contributed by atoms with Crippen LogP contribution in [0.1, 0.15) is 19.8 Å². The van der Waals surface area contributed by atoms with Gasteiger partial charge in [0.15, 0.2) is 0 Å². The highest BCUT2D eigenvalue weighted by molar-refractivity contribution is 7.92. The molecule has 2 rings (SSSR count). The smallest absolute Gasteiger partial charge is 0.240 e. The molecule has 23 heavy (non-hydrogen) atoms. The van der Waals surface area contributed by atoms with Crippen molar-refractivity contribution in [2.24, 2.45) is 0 Å². The van der Waals surface area contributed by atoms with Crippen molar-refractivity contribution in [1.29, 1.82) is 0 Å². The average molecular weight is 365 g/mol. The third-order valence-electron chi connectivity index (χ3n) is 3.49. The summed E-state index contributed by atoms with van der Waals surface area (Å²) in [5.74, 6) is -0.947. The summed E-state index contributed by atoms with van der Waals surface area (Å²) in [5, 5.41) is 3.22. The van der Waals surface area contributed by atoms with Gasteiger partial charge in [-0.05, 0) is 44.5 Å². The van der Waals surface area contributed by atoms with E-state index in [0.717, 1.165) is 18.4 Å². The number of hydrogen-bond donors (Lipinski definition) is 3. The molecule has 2 unspecified atom stereocenters. The van der Waals surface area contributed by atoms with Gasteiger partial charge in [0.25, 0.3) is 0 Å². The van der Waals surface area contributed by atoms with E-state index < -0.39 is 25.9 Å². The predicted molar refractivity (Wildman–Crippen MR) is 85.7 cm³/mol. The second-order valence-electron chi connectivity index (χ2n) is 5.71. The van der Waals surface area contributed by atoms with Crippen LogP contribution in [0.4, 0.5) is 10.1 Å². The molecule has 0 radical (unpaired) electrons. The van der Waals surface area contributed by atoms with Crippen molar-refractivity contribution >= 4 is 25.7 Å². The monoisotopic (exact) mass is 365 g/mol. The minimum absolute atomic E-state index is 0.203. The SMILES string of the molecule is CC1CC(NS(=O)(=O)c2ccc(NS(C)(=O)=O)c(F)c2)CCN1. The fourth-order valence-corrected chi connectivity index (χ4v) is 4.33. The van der Waals surface area contributed by atoms with Crippen molar-refractivity contribution < 1.29 is 21.2 Å². The first-order valence-corrected chi connectivity index (χ1v) is 10.5. The highest BCUT2D eigenvalue weighted by Gasteiger charge is 2.25. The third-order valence-corrected chi connectivity index (χ3v) is 5.60. The maximum atomic E-state index is 13.9. The van der Waals surface area contributed by atoms with Gasteiger partial charge in [-0.25, -0.2) is 25.9 Å². The zero-order chi connectivity index (χ0) is 17.3. The number of sulfonamides is 2. The Morgan fingerprint density at radius 1 is 1.26 bits per heavy atom. The standard InChI is InChI=1S/C13H20FN3O4S2/c1-9-7-10(5-6-15-9)16-23(20,21)11-3-4-13(12(14)8-11)17-22(2,18)19/h3-4,8-10,15-17H,5-7H2,1-2H3. The normalized spacial score (nSPS) is 22.7. The van der Waals surface area contributed by atoms with E-state index in [-0.39, 0.29) is 22.7 Å². The van der Waals surface area contributed by atoms with Crippen molar-refractivity contribution in [2.75, 3.05) is 17.5 Å². The van der Waals surface area contributed by atoms with Gasteiger partial charge in [-0.15, -0.1) is 0 Å². The summed E-state index contributed by atoms with van der Waals surface area (Å²) < 4.78 is 65.3. The zero-order valence-electron chi connectivity index (χ0n) is 12.8. The molecule has 1 fully saturated rings. The fourth-order valence-electron chi connectivity index (χ4n) is 2.47. The van der Waals surface area contributed by atoms with E-state index in [1.54, 1.807) is 0 Å². The molecule has 0 aliphatic carbocycles. The number of halogens is 1. The number of anilines is 1. The van der Waals surface area contributed by atoms with Gasteiger partial charge < -0.3 is 5.32 Å². The highest BCUT2D eigenvalue weighted by atomic mass is 32.2. The Kier molecular flexibility index (Phi) is 5.29. The first-order chi connectivity index (χ1) is 10.6. The van der Waals surface area contributed by atoms with Crippen LogP contribution in [0.3, 0.4) is 0 Å². The molecule has 1 heterocycles. The maximum Gasteiger partial charge on any atom is 0.240 e. The molecule has 0 saturated carbocycles. The van der Waals surface area contributed by atoms with Crippen molar-refractivity contribution in [2.45, 2.75) is 36.7 Å². The van der Waals surface area contributed by atoms with Crippen LogP contribution in [0.15, 0.2) is 23.1 Å². The van der Waals surface area contributed by atoms with Crippen LogP contribution in [0.25, 0.3) is 0 Å². The molecular formula is C13H20FN3O4S2. The molecule has 10 heteroatoms. The van der Waals surface area contributed by atoms with Crippen LogP contribution < -0.4 is 14.8 Å². The molecule has 130 valence electrons. The summed E-state index contributed by atoms with van der Waals surface area (Å²) in [5.41, 5.74) is -0.290. The number of hydrogen-bond acceptors (Lipinski definition) is 5. The Morgan fingerprint density at radius 3 is 2.52 bits per heavy atom. The zero-order valence-corrected chi connectivity index (χ0v) is 14.5. The Labute approximate surface area is 135 Å². The van der Waals surface area contributed by atoms with E-state index in [2.05, 4.69) is 10.0 Å². The lowest BCUT2D eigenvalue weighted by molar-refractivity contribution is 0.361. The maximum absolute atomic E-state index is 13.9. The summed E-state index contributed by atoms with van der Waals surface area (Å²) >= 11 is 0. The fraction of sp³-hybridized carbons (Fsp3) is 0.538. The molecule has 1 saturated heterocycles. The highest BCUT2D eigenvalue weighted by Crippen LogP contribution is 2.21. The summed E-state index contributed by atoms with van der Waals surface area (Å²) in [6.45, 7) is 2.67. The van der Waals surface area contributed by atoms with E-state index in [0.29, 0.717) is 19.4 Å². The second-order valence-corrected chi connectivity index (χ2v) is 9.18. The molecule has 1 aromatic rings. The minimum atomic E-state index is -3.86. The molecule has 0 aromatic heterocycles. The van der Waals surface area contributed by atoms with E-state index in [1.165, 1.54) is 6.07 Å². The molecule has 7 nitrogen and oxygen atoms in total. The molecule has 3 N–H and O–H groups in total. The van der Waals surface area contributed by atoms with Crippen LogP contribution in [-0.2, 0) is 20.0 Å². The van der Waals surface area contributed by atoms with Gasteiger partial charge >= 0.3 is 0 Å². The van der Waals surface area contributed by atoms with E-state index in [1.807, 2.05) is 11.6 Å². The molecule has 2 atom stereocenters. The Morgan fingerprint density at radius 2 is 1.96 bits per heavy atom. The van der Waals surface area contributed by atoms with E-state index in [9.17, 15) is 21.2 Å². The van der Waals surface area contributed by atoms with Crippen LogP contribution in [-0.4, -0.2) is 41.7 Å². The Balaban J connectivity index is 2.18. The summed E-state index contributed by atoms with van der Waals surface area (Å²) in [7, 11) is -7.50. The van der Waals surface area contributed by atoms with Crippen molar-refractivity contribution in [1.82, 2.24) is 10.0 Å².